The molecule has 2 aromatic rings. The van der Waals surface area contributed by atoms with Gasteiger partial charge in [-0.3, -0.25) is 24.7 Å². The molecule has 5 rings (SSSR count). The Hall–Kier alpha value is -2.06. The van der Waals surface area contributed by atoms with Gasteiger partial charge in [-0.15, -0.1) is 0 Å². The molecule has 0 bridgehead atoms. The van der Waals surface area contributed by atoms with Crippen LogP contribution in [0.5, 0.6) is 0 Å². The normalized spacial score (nSPS) is 20.7. The highest BCUT2D eigenvalue weighted by Crippen LogP contribution is 2.49. The zero-order valence-electron chi connectivity index (χ0n) is 18.9. The first kappa shape index (κ1) is 23.7. The fraction of sp³-hybridized carbons (Fsp3) is 0.522. The molecule has 0 unspecified atom stereocenters. The third kappa shape index (κ3) is 4.47. The van der Waals surface area contributed by atoms with Crippen molar-refractivity contribution < 1.29 is 4.79 Å². The van der Waals surface area contributed by atoms with Crippen LogP contribution in [0.3, 0.4) is 0 Å². The van der Waals surface area contributed by atoms with Crippen molar-refractivity contribution in [3.8, 4) is 6.07 Å². The average molecular weight is 516 g/mol. The Morgan fingerprint density at radius 2 is 2.03 bits per heavy atom. The van der Waals surface area contributed by atoms with Crippen molar-refractivity contribution in [2.75, 3.05) is 13.1 Å². The monoisotopic (exact) mass is 515 g/mol. The highest BCUT2D eigenvalue weighted by molar-refractivity contribution is 8.26. The number of rotatable bonds is 7. The van der Waals surface area contributed by atoms with Gasteiger partial charge >= 0.3 is 0 Å². The van der Waals surface area contributed by atoms with Crippen molar-refractivity contribution in [3.63, 3.8) is 0 Å². The molecule has 8 nitrogen and oxygen atoms in total. The van der Waals surface area contributed by atoms with E-state index in [-0.39, 0.29) is 21.5 Å². The number of nitriles is 1. The molecular formula is C23H26ClN7OS2. The molecule has 3 heterocycles. The number of amides is 1. The van der Waals surface area contributed by atoms with E-state index in [2.05, 4.69) is 28.8 Å². The second-order valence-corrected chi connectivity index (χ2v) is 12.0. The van der Waals surface area contributed by atoms with E-state index in [1.165, 1.54) is 0 Å². The first-order valence-electron chi connectivity index (χ1n) is 11.4. The lowest BCUT2D eigenvalue weighted by Gasteiger charge is -2.30. The van der Waals surface area contributed by atoms with Crippen LogP contribution in [0.4, 0.5) is 0 Å². The zero-order chi connectivity index (χ0) is 24.1. The van der Waals surface area contributed by atoms with Gasteiger partial charge in [-0.2, -0.15) is 5.26 Å². The van der Waals surface area contributed by atoms with Gasteiger partial charge in [-0.05, 0) is 74.9 Å². The predicted molar refractivity (Wildman–Crippen MR) is 136 cm³/mol. The number of likely N-dealkylation sites (tertiary alicyclic amines) is 1. The maximum Gasteiger partial charge on any atom is 0.209 e. The third-order valence-corrected chi connectivity index (χ3v) is 9.33. The summed E-state index contributed by atoms with van der Waals surface area (Å²) in [6.45, 7) is 3.60. The fourth-order valence-corrected chi connectivity index (χ4v) is 6.33. The Labute approximate surface area is 212 Å². The van der Waals surface area contributed by atoms with E-state index >= 15 is 0 Å². The minimum atomic E-state index is -0.740. The number of hydrogen-bond acceptors (Lipinski definition) is 8. The zero-order valence-corrected chi connectivity index (χ0v) is 21.2. The molecule has 0 radical (unpaired) electrons. The highest BCUT2D eigenvalue weighted by atomic mass is 35.5. The topological polar surface area (TPSA) is 121 Å². The number of aromatic nitrogens is 2. The number of imidazole rings is 1. The number of halogens is 1. The summed E-state index contributed by atoms with van der Waals surface area (Å²) in [6, 6.07) is 4.38. The summed E-state index contributed by atoms with van der Waals surface area (Å²) in [5.41, 5.74) is 1.26. The van der Waals surface area contributed by atoms with Crippen molar-refractivity contribution in [2.45, 2.75) is 61.8 Å². The molecule has 2 aliphatic carbocycles. The first-order valence-corrected chi connectivity index (χ1v) is 13.4. The molecule has 34 heavy (non-hydrogen) atoms. The minimum Gasteiger partial charge on any atom is -0.345 e. The van der Waals surface area contributed by atoms with Crippen LogP contribution in [0.2, 0.25) is 5.15 Å². The van der Waals surface area contributed by atoms with Gasteiger partial charge in [0, 0.05) is 29.7 Å². The Morgan fingerprint density at radius 3 is 2.62 bits per heavy atom. The second-order valence-electron chi connectivity index (χ2n) is 9.71. The van der Waals surface area contributed by atoms with Crippen molar-refractivity contribution in [1.82, 2.24) is 19.0 Å². The average Bonchev–Trinajstić information content (AvgIpc) is 3.76. The molecule has 0 aromatic carbocycles. The van der Waals surface area contributed by atoms with Gasteiger partial charge in [0.15, 0.2) is 11.0 Å². The molecule has 2 saturated carbocycles. The molecule has 1 saturated heterocycles. The fourth-order valence-electron chi connectivity index (χ4n) is 4.25. The maximum absolute atomic E-state index is 11.2. The summed E-state index contributed by atoms with van der Waals surface area (Å²) in [4.78, 5) is 18.5. The molecule has 11 heteroatoms. The van der Waals surface area contributed by atoms with E-state index in [9.17, 15) is 10.1 Å². The molecule has 1 aliphatic heterocycles. The van der Waals surface area contributed by atoms with Crippen LogP contribution in [0.25, 0.3) is 5.52 Å². The van der Waals surface area contributed by atoms with Gasteiger partial charge in [0.25, 0.3) is 0 Å². The van der Waals surface area contributed by atoms with Crippen molar-refractivity contribution in [2.24, 2.45) is 5.41 Å². The van der Waals surface area contributed by atoms with E-state index in [0.717, 1.165) is 59.8 Å². The summed E-state index contributed by atoms with van der Waals surface area (Å²) < 4.78 is 5.42. The summed E-state index contributed by atoms with van der Waals surface area (Å²) in [6.07, 6.45) is 8.16. The van der Waals surface area contributed by atoms with Crippen LogP contribution in [-0.2, 0) is 4.79 Å². The predicted octanol–water partition coefficient (Wildman–Crippen LogP) is 4.81. The molecule has 3 N–H and O–H groups in total. The molecule has 3 aliphatic rings. The first-order chi connectivity index (χ1) is 16.3. The van der Waals surface area contributed by atoms with Crippen LogP contribution in [-0.4, -0.2) is 49.4 Å². The van der Waals surface area contributed by atoms with Gasteiger partial charge in [-0.1, -0.05) is 23.4 Å². The highest BCUT2D eigenvalue weighted by Gasteiger charge is 2.48. The second kappa shape index (κ2) is 8.86. The Kier molecular flexibility index (Phi) is 6.17. The number of carbonyl (C=O) groups excluding carboxylic acids is 1. The van der Waals surface area contributed by atoms with Crippen LogP contribution < -0.4 is 4.72 Å². The van der Waals surface area contributed by atoms with E-state index in [0.29, 0.717) is 36.9 Å². The Balaban J connectivity index is 1.50. The largest absolute Gasteiger partial charge is 0.345 e. The standard InChI is InChI=1S/C23H26ClN7OS2/c1-22(4-5-22)29-34-15-10-16(14-2-8-30(13-32)9-3-14)17-18(24)28-20(31(17)11-15)19(26)33-21(27)23(12-25)6-7-23/h10-11,13-14,26-27,29H,2-9H2,1H3. The summed E-state index contributed by atoms with van der Waals surface area (Å²) in [5.74, 6) is 0.612. The SMILES string of the molecule is CC1(NSc2cc(C3CCN(C=O)CC3)c3c(Cl)nc(C(=N)SC(=N)C4(C#N)CC4)n3c2)CC1. The number of pyridine rings is 1. The van der Waals surface area contributed by atoms with Gasteiger partial charge in [0.1, 0.15) is 10.5 Å². The lowest BCUT2D eigenvalue weighted by Crippen LogP contribution is -2.31. The lowest BCUT2D eigenvalue weighted by atomic mass is 9.89. The number of hydrogen-bond donors (Lipinski definition) is 3. The summed E-state index contributed by atoms with van der Waals surface area (Å²) in [5, 5.41) is 27.1. The van der Waals surface area contributed by atoms with E-state index in [4.69, 9.17) is 22.4 Å². The number of fused-ring (bicyclic) bond motifs is 1. The molecular weight excluding hydrogens is 490 g/mol. The van der Waals surface area contributed by atoms with Gasteiger partial charge in [0.05, 0.1) is 16.6 Å². The Bertz CT molecular complexity index is 1220. The van der Waals surface area contributed by atoms with E-state index in [1.807, 2.05) is 10.6 Å². The third-order valence-electron chi connectivity index (χ3n) is 7.04. The van der Waals surface area contributed by atoms with Crippen LogP contribution in [0.1, 0.15) is 62.8 Å². The summed E-state index contributed by atoms with van der Waals surface area (Å²) in [7, 11) is 0. The van der Waals surface area contributed by atoms with Crippen molar-refractivity contribution >= 4 is 57.3 Å². The van der Waals surface area contributed by atoms with E-state index < -0.39 is 5.41 Å². The quantitative estimate of drug-likeness (QED) is 0.210. The summed E-state index contributed by atoms with van der Waals surface area (Å²) >= 11 is 9.21. The number of carbonyl (C=O) groups is 1. The molecule has 1 amide bonds. The molecule has 0 spiro atoms. The molecule has 3 fully saturated rings. The van der Waals surface area contributed by atoms with Crippen molar-refractivity contribution in [3.05, 3.63) is 28.8 Å². The molecule has 2 aromatic heterocycles. The van der Waals surface area contributed by atoms with Gasteiger partial charge in [-0.25, -0.2) is 4.98 Å². The Morgan fingerprint density at radius 1 is 1.32 bits per heavy atom. The van der Waals surface area contributed by atoms with Crippen LogP contribution >= 0.6 is 35.3 Å². The van der Waals surface area contributed by atoms with Gasteiger partial charge in [0.2, 0.25) is 6.41 Å². The number of nitrogens with one attached hydrogen (secondary N) is 3. The number of piperidine rings is 1. The van der Waals surface area contributed by atoms with Gasteiger partial charge < -0.3 is 4.90 Å². The molecule has 0 atom stereocenters. The smallest absolute Gasteiger partial charge is 0.209 e. The number of nitrogens with zero attached hydrogens (tertiary/aromatic N) is 4. The molecule has 178 valence electrons. The van der Waals surface area contributed by atoms with E-state index in [1.54, 1.807) is 16.8 Å². The number of thioether (sulfide) groups is 1. The maximum atomic E-state index is 11.2. The van der Waals surface area contributed by atoms with Crippen LogP contribution in [0, 0.1) is 27.6 Å². The minimum absolute atomic E-state index is 0.111. The van der Waals surface area contributed by atoms with Crippen LogP contribution in [0.15, 0.2) is 17.2 Å². The lowest BCUT2D eigenvalue weighted by molar-refractivity contribution is -0.119. The van der Waals surface area contributed by atoms with Crippen molar-refractivity contribution in [1.29, 1.82) is 16.1 Å².